The number of nitrogens with zero attached hydrogens (tertiary/aromatic N) is 2. The summed E-state index contributed by atoms with van der Waals surface area (Å²) in [5, 5.41) is 5.25. The van der Waals surface area contributed by atoms with Gasteiger partial charge in [-0.25, -0.2) is 13.8 Å². The summed E-state index contributed by atoms with van der Waals surface area (Å²) in [6.07, 6.45) is 1.59. The number of halogens is 5. The number of ketones is 1. The molecule has 0 spiro atoms. The number of nitrogens with one attached hydrogen (secondary N) is 1. The van der Waals surface area contributed by atoms with Crippen molar-refractivity contribution in [1.29, 1.82) is 0 Å². The summed E-state index contributed by atoms with van der Waals surface area (Å²) in [7, 11) is 2.55. The molecule has 3 aromatic rings. The monoisotopic (exact) mass is 571 g/mol. The molecule has 0 fully saturated rings. The molecule has 210 valence electrons. The second-order valence-corrected chi connectivity index (χ2v) is 9.05. The second kappa shape index (κ2) is 13.0. The number of carbonyl (C=O) groups is 2. The molecule has 0 saturated carbocycles. The molecule has 1 N–H and O–H groups in total. The first kappa shape index (κ1) is 30.1. The van der Waals surface area contributed by atoms with Gasteiger partial charge in [0.15, 0.2) is 23.2 Å². The second-order valence-electron chi connectivity index (χ2n) is 8.61. The van der Waals surface area contributed by atoms with Crippen molar-refractivity contribution in [3.05, 3.63) is 75.2 Å². The Hall–Kier alpha value is -3.48. The fraction of sp³-hybridized carbons (Fsp3) is 0.346. The SMILES string of the molecule is CCC(CN[C@@H](CC(=O)N(C)OC)C(=O)COc1c(F)c(F)cc(F)c1F)n1ccc2ccc(Cl)cc2c1=O. The van der Waals surface area contributed by atoms with Gasteiger partial charge in [-0.1, -0.05) is 24.6 Å². The number of aromatic nitrogens is 1. The quantitative estimate of drug-likeness (QED) is 0.199. The zero-order valence-corrected chi connectivity index (χ0v) is 22.0. The first-order valence-corrected chi connectivity index (χ1v) is 12.2. The van der Waals surface area contributed by atoms with Gasteiger partial charge in [0.25, 0.3) is 5.56 Å². The van der Waals surface area contributed by atoms with E-state index in [-0.39, 0.29) is 18.2 Å². The van der Waals surface area contributed by atoms with E-state index in [2.05, 4.69) is 5.32 Å². The Balaban J connectivity index is 1.82. The lowest BCUT2D eigenvalue weighted by Gasteiger charge is -2.24. The van der Waals surface area contributed by atoms with Crippen LogP contribution in [0.4, 0.5) is 17.6 Å². The number of benzene rings is 2. The van der Waals surface area contributed by atoms with Crippen molar-refractivity contribution in [2.75, 3.05) is 27.3 Å². The molecule has 2 atom stereocenters. The molecule has 0 saturated heterocycles. The predicted octanol–water partition coefficient (Wildman–Crippen LogP) is 4.18. The highest BCUT2D eigenvalue weighted by atomic mass is 35.5. The predicted molar refractivity (Wildman–Crippen MR) is 136 cm³/mol. The Kier molecular flexibility index (Phi) is 10.1. The van der Waals surface area contributed by atoms with E-state index >= 15 is 0 Å². The summed E-state index contributed by atoms with van der Waals surface area (Å²) in [4.78, 5) is 43.4. The third kappa shape index (κ3) is 6.94. The number of hydrogen-bond acceptors (Lipinski definition) is 6. The third-order valence-corrected chi connectivity index (χ3v) is 6.42. The number of carbonyl (C=O) groups excluding carboxylic acids is 2. The lowest BCUT2D eigenvalue weighted by molar-refractivity contribution is -0.169. The topological polar surface area (TPSA) is 89.9 Å². The first-order chi connectivity index (χ1) is 18.5. The summed E-state index contributed by atoms with van der Waals surface area (Å²) >= 11 is 6.05. The number of pyridine rings is 1. The standard InChI is InChI=1S/C26H26ClF4N3O5/c1-4-16(34-8-7-14-5-6-15(27)9-17(14)26(34)37)12-32-20(11-22(36)33(2)38-3)21(35)13-39-25-23(30)18(28)10-19(29)24(25)31/h5-10,16,20,32H,4,11-13H2,1-3H3/t16?,20-/m0/s1. The van der Waals surface area contributed by atoms with Crippen LogP contribution in [-0.4, -0.2) is 54.7 Å². The van der Waals surface area contributed by atoms with Crippen LogP contribution >= 0.6 is 11.6 Å². The molecule has 8 nitrogen and oxygen atoms in total. The van der Waals surface area contributed by atoms with Gasteiger partial charge in [-0.3, -0.25) is 19.2 Å². The van der Waals surface area contributed by atoms with Crippen LogP contribution in [0.1, 0.15) is 25.8 Å². The van der Waals surface area contributed by atoms with Crippen molar-refractivity contribution in [3.63, 3.8) is 0 Å². The van der Waals surface area contributed by atoms with E-state index in [9.17, 15) is 31.9 Å². The van der Waals surface area contributed by atoms with Gasteiger partial charge < -0.3 is 14.6 Å². The third-order valence-electron chi connectivity index (χ3n) is 6.18. The number of ether oxygens (including phenoxy) is 1. The Labute approximate surface area is 226 Å². The minimum atomic E-state index is -1.80. The maximum atomic E-state index is 14.0. The minimum Gasteiger partial charge on any atom is -0.479 e. The summed E-state index contributed by atoms with van der Waals surface area (Å²) in [5.74, 6) is -9.86. The lowest BCUT2D eigenvalue weighted by atomic mass is 10.1. The van der Waals surface area contributed by atoms with Crippen LogP contribution in [0.5, 0.6) is 5.75 Å². The highest BCUT2D eigenvalue weighted by Crippen LogP contribution is 2.26. The normalized spacial score (nSPS) is 12.8. The van der Waals surface area contributed by atoms with Crippen LogP contribution in [0, 0.1) is 23.3 Å². The van der Waals surface area contributed by atoms with Gasteiger partial charge in [-0.15, -0.1) is 0 Å². The zero-order valence-electron chi connectivity index (χ0n) is 21.3. The molecule has 1 heterocycles. The summed E-state index contributed by atoms with van der Waals surface area (Å²) in [5.41, 5.74) is -0.316. The fourth-order valence-corrected chi connectivity index (χ4v) is 4.03. The summed E-state index contributed by atoms with van der Waals surface area (Å²) in [6, 6.07) is 4.94. The van der Waals surface area contributed by atoms with Gasteiger partial charge in [0.1, 0.15) is 6.61 Å². The molecular weight excluding hydrogens is 546 g/mol. The Morgan fingerprint density at radius 1 is 1.10 bits per heavy atom. The molecule has 1 unspecified atom stereocenters. The van der Waals surface area contributed by atoms with Crippen molar-refractivity contribution in [2.45, 2.75) is 31.8 Å². The van der Waals surface area contributed by atoms with Crippen LogP contribution < -0.4 is 15.6 Å². The molecule has 0 aliphatic heterocycles. The number of hydrogen-bond donors (Lipinski definition) is 1. The van der Waals surface area contributed by atoms with Crippen molar-refractivity contribution in [1.82, 2.24) is 14.9 Å². The van der Waals surface area contributed by atoms with E-state index in [0.717, 1.165) is 5.06 Å². The summed E-state index contributed by atoms with van der Waals surface area (Å²) in [6.45, 7) is 0.832. The maximum Gasteiger partial charge on any atom is 0.258 e. The largest absolute Gasteiger partial charge is 0.479 e. The molecule has 0 radical (unpaired) electrons. The van der Waals surface area contributed by atoms with Crippen molar-refractivity contribution in [3.8, 4) is 5.75 Å². The highest BCUT2D eigenvalue weighted by molar-refractivity contribution is 6.31. The molecule has 39 heavy (non-hydrogen) atoms. The van der Waals surface area contributed by atoms with Gasteiger partial charge in [0.05, 0.1) is 19.6 Å². The minimum absolute atomic E-state index is 0.0104. The molecule has 2 aromatic carbocycles. The van der Waals surface area contributed by atoms with E-state index < -0.39 is 65.8 Å². The Bertz CT molecular complexity index is 1410. The maximum absolute atomic E-state index is 14.0. The molecule has 3 rings (SSSR count). The van der Waals surface area contributed by atoms with E-state index in [1.165, 1.54) is 18.7 Å². The van der Waals surface area contributed by atoms with E-state index in [0.29, 0.717) is 22.2 Å². The molecule has 1 aromatic heterocycles. The van der Waals surface area contributed by atoms with Crippen LogP contribution in [0.25, 0.3) is 10.8 Å². The highest BCUT2D eigenvalue weighted by Gasteiger charge is 2.27. The molecule has 0 aliphatic carbocycles. The van der Waals surface area contributed by atoms with Crippen molar-refractivity contribution >= 4 is 34.1 Å². The smallest absolute Gasteiger partial charge is 0.258 e. The molecule has 13 heteroatoms. The molecule has 1 amide bonds. The molecule has 0 aliphatic rings. The van der Waals surface area contributed by atoms with Gasteiger partial charge in [0, 0.05) is 42.3 Å². The number of hydroxylamine groups is 2. The molecule has 0 bridgehead atoms. The average Bonchev–Trinajstić information content (AvgIpc) is 2.92. The average molecular weight is 572 g/mol. The van der Waals surface area contributed by atoms with Crippen LogP contribution in [0.2, 0.25) is 5.02 Å². The van der Waals surface area contributed by atoms with Crippen molar-refractivity contribution in [2.24, 2.45) is 0 Å². The van der Waals surface area contributed by atoms with Crippen LogP contribution in [-0.2, 0) is 14.4 Å². The number of amides is 1. The van der Waals surface area contributed by atoms with E-state index in [1.54, 1.807) is 30.5 Å². The Morgan fingerprint density at radius 3 is 2.38 bits per heavy atom. The van der Waals surface area contributed by atoms with Gasteiger partial charge in [-0.05, 0) is 30.0 Å². The number of rotatable bonds is 12. The Morgan fingerprint density at radius 2 is 1.77 bits per heavy atom. The van der Waals surface area contributed by atoms with Crippen LogP contribution in [0.3, 0.4) is 0 Å². The van der Waals surface area contributed by atoms with Crippen molar-refractivity contribution < 1.29 is 36.7 Å². The van der Waals surface area contributed by atoms with Crippen LogP contribution in [0.15, 0.2) is 41.3 Å². The molecular formula is C26H26ClF4N3O5. The number of fused-ring (bicyclic) bond motifs is 1. The summed E-state index contributed by atoms with van der Waals surface area (Å²) < 4.78 is 61.2. The van der Waals surface area contributed by atoms with Gasteiger partial charge in [0.2, 0.25) is 17.5 Å². The van der Waals surface area contributed by atoms with E-state index in [4.69, 9.17) is 21.2 Å². The lowest BCUT2D eigenvalue weighted by Crippen LogP contribution is -2.46. The number of Topliss-reactive ketones (excluding diaryl/α,β-unsaturated/α-hetero) is 1. The van der Waals surface area contributed by atoms with Gasteiger partial charge in [-0.2, -0.15) is 8.78 Å². The van der Waals surface area contributed by atoms with Gasteiger partial charge >= 0.3 is 0 Å². The first-order valence-electron chi connectivity index (χ1n) is 11.8. The fourth-order valence-electron chi connectivity index (χ4n) is 3.86. The zero-order chi connectivity index (χ0) is 28.9. The van der Waals surface area contributed by atoms with E-state index in [1.807, 2.05) is 6.92 Å².